The topological polar surface area (TPSA) is 116 Å². The van der Waals surface area contributed by atoms with Crippen molar-refractivity contribution in [3.05, 3.63) is 75.8 Å². The summed E-state index contributed by atoms with van der Waals surface area (Å²) in [6.07, 6.45) is 1.19. The van der Waals surface area contributed by atoms with Crippen LogP contribution >= 0.6 is 0 Å². The first-order chi connectivity index (χ1) is 13.3. The summed E-state index contributed by atoms with van der Waals surface area (Å²) in [4.78, 5) is 45.6. The number of nitro benzene ring substituents is 1. The maximum absolute atomic E-state index is 12.1. The first kappa shape index (κ1) is 20.5. The lowest BCUT2D eigenvalue weighted by Gasteiger charge is -2.12. The van der Waals surface area contributed by atoms with E-state index >= 15 is 0 Å². The Kier molecular flexibility index (Phi) is 6.75. The summed E-state index contributed by atoms with van der Waals surface area (Å²) in [6, 6.07) is 12.2. The lowest BCUT2D eigenvalue weighted by Crippen LogP contribution is -2.29. The van der Waals surface area contributed by atoms with E-state index in [0.29, 0.717) is 11.3 Å². The Morgan fingerprint density at radius 3 is 2.36 bits per heavy atom. The lowest BCUT2D eigenvalue weighted by atomic mass is 10.1. The molecule has 1 amide bonds. The van der Waals surface area contributed by atoms with Crippen LogP contribution in [0.4, 0.5) is 11.4 Å². The summed E-state index contributed by atoms with van der Waals surface area (Å²) < 4.78 is 5.01. The van der Waals surface area contributed by atoms with E-state index in [2.05, 4.69) is 5.32 Å². The van der Waals surface area contributed by atoms with Gasteiger partial charge in [-0.05, 0) is 50.3 Å². The molecule has 0 saturated carbocycles. The summed E-state index contributed by atoms with van der Waals surface area (Å²) in [5.41, 5.74) is 1.06. The van der Waals surface area contributed by atoms with Gasteiger partial charge in [-0.1, -0.05) is 12.1 Å². The molecule has 0 aliphatic rings. The zero-order valence-corrected chi connectivity index (χ0v) is 15.2. The number of nitrogens with zero attached hydrogens (tertiary/aromatic N) is 1. The molecule has 0 spiro atoms. The average Bonchev–Trinajstić information content (AvgIpc) is 2.66. The van der Waals surface area contributed by atoms with E-state index in [1.807, 2.05) is 0 Å². The lowest BCUT2D eigenvalue weighted by molar-refractivity contribution is -0.385. The largest absolute Gasteiger partial charge is 0.449 e. The molecule has 1 N–H and O–H groups in total. The van der Waals surface area contributed by atoms with Gasteiger partial charge in [-0.25, -0.2) is 4.79 Å². The second-order valence-electron chi connectivity index (χ2n) is 5.85. The third kappa shape index (κ3) is 5.60. The van der Waals surface area contributed by atoms with Crippen molar-refractivity contribution in [1.82, 2.24) is 0 Å². The minimum atomic E-state index is -1.09. The van der Waals surface area contributed by atoms with Crippen molar-refractivity contribution in [3.8, 4) is 0 Å². The number of nitro groups is 1. The monoisotopic (exact) mass is 382 g/mol. The van der Waals surface area contributed by atoms with Gasteiger partial charge >= 0.3 is 5.97 Å². The van der Waals surface area contributed by atoms with Crippen LogP contribution in [0.2, 0.25) is 0 Å². The van der Waals surface area contributed by atoms with Gasteiger partial charge in [0.1, 0.15) is 0 Å². The Labute approximate surface area is 161 Å². The van der Waals surface area contributed by atoms with Crippen molar-refractivity contribution < 1.29 is 24.0 Å². The Morgan fingerprint density at radius 1 is 1.11 bits per heavy atom. The van der Waals surface area contributed by atoms with Crippen LogP contribution in [-0.2, 0) is 14.3 Å². The van der Waals surface area contributed by atoms with Gasteiger partial charge in [0, 0.05) is 23.4 Å². The molecule has 0 unspecified atom stereocenters. The van der Waals surface area contributed by atoms with Crippen LogP contribution in [0.3, 0.4) is 0 Å². The smallest absolute Gasteiger partial charge is 0.331 e. The van der Waals surface area contributed by atoms with Gasteiger partial charge < -0.3 is 10.1 Å². The molecule has 1 atom stereocenters. The molecule has 8 nitrogen and oxygen atoms in total. The zero-order valence-electron chi connectivity index (χ0n) is 15.2. The van der Waals surface area contributed by atoms with E-state index in [1.54, 1.807) is 30.3 Å². The second-order valence-corrected chi connectivity index (χ2v) is 5.85. The van der Waals surface area contributed by atoms with Crippen LogP contribution < -0.4 is 5.32 Å². The number of ketones is 1. The molecule has 0 bridgehead atoms. The van der Waals surface area contributed by atoms with Gasteiger partial charge in [-0.2, -0.15) is 0 Å². The van der Waals surface area contributed by atoms with E-state index in [-0.39, 0.29) is 17.0 Å². The Balaban J connectivity index is 1.95. The summed E-state index contributed by atoms with van der Waals surface area (Å²) in [5.74, 6) is -1.46. The van der Waals surface area contributed by atoms with E-state index < -0.39 is 22.9 Å². The number of ether oxygens (including phenoxy) is 1. The Hall–Kier alpha value is -3.81. The van der Waals surface area contributed by atoms with Crippen molar-refractivity contribution in [2.24, 2.45) is 0 Å². The van der Waals surface area contributed by atoms with Crippen LogP contribution in [0.5, 0.6) is 0 Å². The highest BCUT2D eigenvalue weighted by atomic mass is 16.6. The van der Waals surface area contributed by atoms with Gasteiger partial charge in [0.25, 0.3) is 11.6 Å². The third-order valence-electron chi connectivity index (χ3n) is 3.75. The number of benzene rings is 2. The Morgan fingerprint density at radius 2 is 1.75 bits per heavy atom. The quantitative estimate of drug-likeness (QED) is 0.258. The highest BCUT2D eigenvalue weighted by Gasteiger charge is 2.17. The first-order valence-corrected chi connectivity index (χ1v) is 8.32. The normalized spacial score (nSPS) is 11.6. The molecule has 0 fully saturated rings. The molecule has 0 heterocycles. The molecular weight excluding hydrogens is 364 g/mol. The molecule has 8 heteroatoms. The number of anilines is 1. The molecule has 2 aromatic carbocycles. The summed E-state index contributed by atoms with van der Waals surface area (Å²) in [6.45, 7) is 2.84. The fourth-order valence-electron chi connectivity index (χ4n) is 2.25. The predicted octanol–water partition coefficient (Wildman–Crippen LogP) is 3.38. The van der Waals surface area contributed by atoms with Crippen LogP contribution in [0.25, 0.3) is 6.08 Å². The summed E-state index contributed by atoms with van der Waals surface area (Å²) in [5, 5.41) is 13.5. The van der Waals surface area contributed by atoms with Crippen molar-refractivity contribution in [2.45, 2.75) is 20.0 Å². The van der Waals surface area contributed by atoms with Crippen LogP contribution in [-0.4, -0.2) is 28.7 Å². The number of Topliss-reactive ketones (excluding diaryl/α,β-unsaturated/α-hetero) is 1. The van der Waals surface area contributed by atoms with Gasteiger partial charge in [-0.15, -0.1) is 0 Å². The van der Waals surface area contributed by atoms with E-state index in [1.165, 1.54) is 38.1 Å². The number of carbonyl (C=O) groups is 3. The molecule has 0 aliphatic heterocycles. The molecule has 0 radical (unpaired) electrons. The molecule has 28 heavy (non-hydrogen) atoms. The highest BCUT2D eigenvalue weighted by molar-refractivity contribution is 5.98. The minimum Gasteiger partial charge on any atom is -0.449 e. The van der Waals surface area contributed by atoms with Gasteiger partial charge in [0.05, 0.1) is 10.5 Å². The van der Waals surface area contributed by atoms with Crippen LogP contribution in [0.1, 0.15) is 29.8 Å². The Bertz CT molecular complexity index is 934. The molecular formula is C20H18N2O6. The molecule has 2 rings (SSSR count). The van der Waals surface area contributed by atoms with Gasteiger partial charge in [-0.3, -0.25) is 19.7 Å². The number of amides is 1. The zero-order chi connectivity index (χ0) is 20.7. The van der Waals surface area contributed by atoms with Crippen molar-refractivity contribution in [1.29, 1.82) is 0 Å². The molecule has 2 aromatic rings. The number of nitrogens with one attached hydrogen (secondary N) is 1. The second kappa shape index (κ2) is 9.22. The first-order valence-electron chi connectivity index (χ1n) is 8.32. The number of para-hydroxylation sites is 1. The third-order valence-corrected chi connectivity index (χ3v) is 3.75. The number of hydrogen-bond donors (Lipinski definition) is 1. The van der Waals surface area contributed by atoms with Gasteiger partial charge in [0.15, 0.2) is 11.9 Å². The number of carbonyl (C=O) groups excluding carboxylic acids is 3. The average molecular weight is 382 g/mol. The number of hydrogen-bond acceptors (Lipinski definition) is 6. The van der Waals surface area contributed by atoms with E-state index in [9.17, 15) is 24.5 Å². The fourth-order valence-corrected chi connectivity index (χ4v) is 2.25. The minimum absolute atomic E-state index is 0.0920. The number of esters is 1. The maximum atomic E-state index is 12.1. The summed E-state index contributed by atoms with van der Waals surface area (Å²) in [7, 11) is 0. The SMILES string of the molecule is CC(=O)c1ccc(NC(=O)[C@H](C)OC(=O)/C=C/c2ccccc2[N+](=O)[O-])cc1. The van der Waals surface area contributed by atoms with Crippen LogP contribution in [0.15, 0.2) is 54.6 Å². The van der Waals surface area contributed by atoms with Crippen molar-refractivity contribution in [3.63, 3.8) is 0 Å². The van der Waals surface area contributed by atoms with E-state index in [4.69, 9.17) is 4.74 Å². The van der Waals surface area contributed by atoms with Gasteiger partial charge in [0.2, 0.25) is 0 Å². The fraction of sp³-hybridized carbons (Fsp3) is 0.150. The maximum Gasteiger partial charge on any atom is 0.331 e. The van der Waals surface area contributed by atoms with Crippen molar-refractivity contribution >= 4 is 35.1 Å². The predicted molar refractivity (Wildman–Crippen MR) is 103 cm³/mol. The molecule has 0 aliphatic carbocycles. The van der Waals surface area contributed by atoms with Crippen molar-refractivity contribution in [2.75, 3.05) is 5.32 Å². The highest BCUT2D eigenvalue weighted by Crippen LogP contribution is 2.19. The molecule has 0 saturated heterocycles. The standard InChI is InChI=1S/C20H18N2O6/c1-13(23)15-7-10-17(11-8-15)21-20(25)14(2)28-19(24)12-9-16-5-3-4-6-18(16)22(26)27/h3-12,14H,1-2H3,(H,21,25)/b12-9+/t14-/m0/s1. The molecule has 0 aromatic heterocycles. The van der Waals surface area contributed by atoms with E-state index in [0.717, 1.165) is 6.08 Å². The number of rotatable bonds is 7. The summed E-state index contributed by atoms with van der Waals surface area (Å²) >= 11 is 0. The van der Waals surface area contributed by atoms with Crippen LogP contribution in [0, 0.1) is 10.1 Å². The molecule has 144 valence electrons.